The first-order valence-corrected chi connectivity index (χ1v) is 8.22. The van der Waals surface area contributed by atoms with Crippen LogP contribution in [-0.4, -0.2) is 16.6 Å². The van der Waals surface area contributed by atoms with Crippen LogP contribution in [0.2, 0.25) is 0 Å². The van der Waals surface area contributed by atoms with E-state index in [2.05, 4.69) is 22.9 Å². The van der Waals surface area contributed by atoms with Gasteiger partial charge in [-0.15, -0.1) is 0 Å². The normalized spacial score (nSPS) is 10.4. The highest BCUT2D eigenvalue weighted by Crippen LogP contribution is 2.09. The molecule has 0 radical (unpaired) electrons. The summed E-state index contributed by atoms with van der Waals surface area (Å²) in [6, 6.07) is 3.84. The number of thiol groups is 1. The number of carbonyl (C=O) groups excluding carboxylic acids is 1. The van der Waals surface area contributed by atoms with E-state index in [0.29, 0.717) is 13.0 Å². The Kier molecular flexibility index (Phi) is 10.0. The van der Waals surface area contributed by atoms with E-state index in [-0.39, 0.29) is 5.91 Å². The second-order valence-electron chi connectivity index (χ2n) is 5.08. The SMILES string of the molecule is O=C(CCCCCCCCCS)NCc1ccncc1. The van der Waals surface area contributed by atoms with Crippen LogP contribution in [0.1, 0.15) is 56.9 Å². The molecule has 0 fully saturated rings. The molecule has 0 bridgehead atoms. The van der Waals surface area contributed by atoms with E-state index in [9.17, 15) is 4.79 Å². The number of pyridine rings is 1. The fourth-order valence-electron chi connectivity index (χ4n) is 2.07. The van der Waals surface area contributed by atoms with Crippen LogP contribution in [0.5, 0.6) is 0 Å². The van der Waals surface area contributed by atoms with Gasteiger partial charge >= 0.3 is 0 Å². The van der Waals surface area contributed by atoms with Crippen LogP contribution in [0, 0.1) is 0 Å². The Balaban J connectivity index is 1.93. The average Bonchev–Trinajstić information content (AvgIpc) is 2.49. The van der Waals surface area contributed by atoms with Crippen molar-refractivity contribution in [1.82, 2.24) is 10.3 Å². The molecule has 0 saturated heterocycles. The number of hydrogen-bond acceptors (Lipinski definition) is 3. The van der Waals surface area contributed by atoms with Crippen molar-refractivity contribution in [2.24, 2.45) is 0 Å². The number of unbranched alkanes of at least 4 members (excludes halogenated alkanes) is 6. The minimum absolute atomic E-state index is 0.150. The van der Waals surface area contributed by atoms with Gasteiger partial charge in [0.2, 0.25) is 5.91 Å². The molecule has 0 atom stereocenters. The molecule has 20 heavy (non-hydrogen) atoms. The molecule has 112 valence electrons. The Morgan fingerprint density at radius 3 is 2.25 bits per heavy atom. The van der Waals surface area contributed by atoms with E-state index in [0.717, 1.165) is 24.2 Å². The van der Waals surface area contributed by atoms with E-state index in [1.807, 2.05) is 12.1 Å². The van der Waals surface area contributed by atoms with Crippen LogP contribution >= 0.6 is 12.6 Å². The Bertz CT molecular complexity index is 357. The minimum atomic E-state index is 0.150. The van der Waals surface area contributed by atoms with Crippen molar-refractivity contribution in [1.29, 1.82) is 0 Å². The Hall–Kier alpha value is -1.03. The molecule has 1 aromatic heterocycles. The standard InChI is InChI=1S/C16H26N2OS/c19-16(18-14-15-9-11-17-12-10-15)8-6-4-2-1-3-5-7-13-20/h9-12,20H,1-8,13-14H2,(H,18,19). The van der Waals surface area contributed by atoms with Gasteiger partial charge in [-0.1, -0.05) is 32.1 Å². The Labute approximate surface area is 128 Å². The first-order valence-electron chi connectivity index (χ1n) is 7.59. The first-order chi connectivity index (χ1) is 9.83. The van der Waals surface area contributed by atoms with Crippen LogP contribution in [0.15, 0.2) is 24.5 Å². The number of rotatable bonds is 11. The molecule has 0 spiro atoms. The zero-order chi connectivity index (χ0) is 14.5. The summed E-state index contributed by atoms with van der Waals surface area (Å²) in [5.41, 5.74) is 1.09. The molecular formula is C16H26N2OS. The molecule has 0 aromatic carbocycles. The number of nitrogens with zero attached hydrogens (tertiary/aromatic N) is 1. The summed E-state index contributed by atoms with van der Waals surface area (Å²) in [5.74, 6) is 1.15. The van der Waals surface area contributed by atoms with Crippen molar-refractivity contribution in [2.75, 3.05) is 5.75 Å². The highest BCUT2D eigenvalue weighted by atomic mass is 32.1. The number of amides is 1. The molecule has 0 aliphatic heterocycles. The lowest BCUT2D eigenvalue weighted by Gasteiger charge is -2.05. The van der Waals surface area contributed by atoms with E-state index in [1.165, 1.54) is 32.1 Å². The number of carbonyl (C=O) groups is 1. The molecular weight excluding hydrogens is 268 g/mol. The molecule has 1 N–H and O–H groups in total. The number of aromatic nitrogens is 1. The molecule has 1 rings (SSSR count). The van der Waals surface area contributed by atoms with Gasteiger partial charge in [0.1, 0.15) is 0 Å². The molecule has 1 heterocycles. The van der Waals surface area contributed by atoms with Gasteiger partial charge in [0.05, 0.1) is 0 Å². The van der Waals surface area contributed by atoms with Crippen molar-refractivity contribution < 1.29 is 4.79 Å². The molecule has 0 aliphatic carbocycles. The number of nitrogens with one attached hydrogen (secondary N) is 1. The van der Waals surface area contributed by atoms with Gasteiger partial charge in [-0.3, -0.25) is 9.78 Å². The van der Waals surface area contributed by atoms with Crippen LogP contribution in [-0.2, 0) is 11.3 Å². The lowest BCUT2D eigenvalue weighted by molar-refractivity contribution is -0.121. The van der Waals surface area contributed by atoms with Crippen molar-refractivity contribution in [2.45, 2.75) is 57.9 Å². The van der Waals surface area contributed by atoms with Crippen molar-refractivity contribution in [3.05, 3.63) is 30.1 Å². The Morgan fingerprint density at radius 2 is 1.60 bits per heavy atom. The molecule has 1 amide bonds. The summed E-state index contributed by atoms with van der Waals surface area (Å²) in [6.07, 6.45) is 12.6. The van der Waals surface area contributed by atoms with Gasteiger partial charge in [0, 0.05) is 25.4 Å². The summed E-state index contributed by atoms with van der Waals surface area (Å²) in [5, 5.41) is 2.94. The third-order valence-corrected chi connectivity index (χ3v) is 3.62. The summed E-state index contributed by atoms with van der Waals surface area (Å²) >= 11 is 4.20. The topological polar surface area (TPSA) is 42.0 Å². The van der Waals surface area contributed by atoms with Crippen LogP contribution in [0.3, 0.4) is 0 Å². The maximum Gasteiger partial charge on any atom is 0.220 e. The second-order valence-corrected chi connectivity index (χ2v) is 5.53. The maximum absolute atomic E-state index is 11.7. The van der Waals surface area contributed by atoms with Gasteiger partial charge in [0.15, 0.2) is 0 Å². The summed E-state index contributed by atoms with van der Waals surface area (Å²) < 4.78 is 0. The molecule has 0 aliphatic rings. The van der Waals surface area contributed by atoms with Crippen LogP contribution < -0.4 is 5.32 Å². The van der Waals surface area contributed by atoms with Gasteiger partial charge in [-0.25, -0.2) is 0 Å². The fourth-order valence-corrected chi connectivity index (χ4v) is 2.29. The van der Waals surface area contributed by atoms with E-state index >= 15 is 0 Å². The van der Waals surface area contributed by atoms with Crippen LogP contribution in [0.25, 0.3) is 0 Å². The first kappa shape index (κ1) is 17.0. The summed E-state index contributed by atoms with van der Waals surface area (Å²) in [7, 11) is 0. The summed E-state index contributed by atoms with van der Waals surface area (Å²) in [6.45, 7) is 0.602. The highest BCUT2D eigenvalue weighted by molar-refractivity contribution is 7.80. The molecule has 4 heteroatoms. The van der Waals surface area contributed by atoms with Gasteiger partial charge in [0.25, 0.3) is 0 Å². The van der Waals surface area contributed by atoms with Gasteiger partial charge in [-0.2, -0.15) is 12.6 Å². The third-order valence-electron chi connectivity index (χ3n) is 3.30. The molecule has 0 unspecified atom stereocenters. The van der Waals surface area contributed by atoms with Crippen molar-refractivity contribution in [3.63, 3.8) is 0 Å². The monoisotopic (exact) mass is 294 g/mol. The van der Waals surface area contributed by atoms with E-state index in [4.69, 9.17) is 0 Å². The Morgan fingerprint density at radius 1 is 1.00 bits per heavy atom. The predicted molar refractivity (Wildman–Crippen MR) is 86.9 cm³/mol. The minimum Gasteiger partial charge on any atom is -0.352 e. The lowest BCUT2D eigenvalue weighted by Crippen LogP contribution is -2.22. The van der Waals surface area contributed by atoms with Crippen molar-refractivity contribution >= 4 is 18.5 Å². The highest BCUT2D eigenvalue weighted by Gasteiger charge is 2.01. The fraction of sp³-hybridized carbons (Fsp3) is 0.625. The smallest absolute Gasteiger partial charge is 0.220 e. The average molecular weight is 294 g/mol. The quantitative estimate of drug-likeness (QED) is 0.482. The maximum atomic E-state index is 11.7. The molecule has 3 nitrogen and oxygen atoms in total. The van der Waals surface area contributed by atoms with Gasteiger partial charge in [-0.05, 0) is 36.3 Å². The predicted octanol–water partition coefficient (Wildman–Crippen LogP) is 3.75. The lowest BCUT2D eigenvalue weighted by atomic mass is 10.1. The van der Waals surface area contributed by atoms with Gasteiger partial charge < -0.3 is 5.32 Å². The van der Waals surface area contributed by atoms with E-state index < -0.39 is 0 Å². The van der Waals surface area contributed by atoms with Crippen LogP contribution in [0.4, 0.5) is 0 Å². The summed E-state index contributed by atoms with van der Waals surface area (Å²) in [4.78, 5) is 15.6. The molecule has 1 aromatic rings. The molecule has 0 saturated carbocycles. The second kappa shape index (κ2) is 11.8. The largest absolute Gasteiger partial charge is 0.352 e. The number of hydrogen-bond donors (Lipinski definition) is 2. The zero-order valence-corrected chi connectivity index (χ0v) is 13.1. The third kappa shape index (κ3) is 8.97. The van der Waals surface area contributed by atoms with E-state index in [1.54, 1.807) is 12.4 Å². The van der Waals surface area contributed by atoms with Crippen molar-refractivity contribution in [3.8, 4) is 0 Å². The zero-order valence-electron chi connectivity index (χ0n) is 12.2.